The van der Waals surface area contributed by atoms with Crippen LogP contribution in [0.25, 0.3) is 0 Å². The summed E-state index contributed by atoms with van der Waals surface area (Å²) in [5.41, 5.74) is -0.420. The van der Waals surface area contributed by atoms with Gasteiger partial charge in [0, 0.05) is 25.1 Å². The summed E-state index contributed by atoms with van der Waals surface area (Å²) in [5, 5.41) is 14.5. The Morgan fingerprint density at radius 1 is 1.26 bits per heavy atom. The lowest BCUT2D eigenvalue weighted by atomic mass is 10.00. The van der Waals surface area contributed by atoms with Crippen molar-refractivity contribution in [3.8, 4) is 0 Å². The van der Waals surface area contributed by atoms with Crippen molar-refractivity contribution in [2.24, 2.45) is 0 Å². The summed E-state index contributed by atoms with van der Waals surface area (Å²) in [6.45, 7) is 4.58. The summed E-state index contributed by atoms with van der Waals surface area (Å²) < 4.78 is 49.9. The van der Waals surface area contributed by atoms with Gasteiger partial charge in [0.2, 0.25) is 0 Å². The molecule has 2 heterocycles. The van der Waals surface area contributed by atoms with Crippen LogP contribution in [0.4, 0.5) is 4.79 Å². The Labute approximate surface area is 182 Å². The molecule has 0 aliphatic carbocycles. The summed E-state index contributed by atoms with van der Waals surface area (Å²) in [6.07, 6.45) is -0.944. The number of carboxylic acid groups (broad SMARTS) is 1. The van der Waals surface area contributed by atoms with E-state index in [0.717, 1.165) is 14.6 Å². The average molecular weight is 483 g/mol. The Morgan fingerprint density at radius 3 is 2.45 bits per heavy atom. The molecule has 0 saturated carbocycles. The number of carbonyl (C=O) groups excluding carboxylic acids is 1. The fourth-order valence-electron chi connectivity index (χ4n) is 3.26. The highest BCUT2D eigenvalue weighted by atomic mass is 32.2. The zero-order valence-electron chi connectivity index (χ0n) is 17.5. The van der Waals surface area contributed by atoms with E-state index in [1.807, 2.05) is 0 Å². The predicted molar refractivity (Wildman–Crippen MR) is 108 cm³/mol. The largest absolute Gasteiger partial charge is 0.465 e. The van der Waals surface area contributed by atoms with Crippen LogP contribution in [0.1, 0.15) is 42.5 Å². The number of hydrogen-bond donors (Lipinski definition) is 3. The van der Waals surface area contributed by atoms with Gasteiger partial charge in [-0.05, 0) is 20.8 Å². The Bertz CT molecular complexity index is 983. The van der Waals surface area contributed by atoms with Gasteiger partial charge in [0.05, 0.1) is 18.8 Å². The first kappa shape index (κ1) is 25.0. The minimum atomic E-state index is -2.92. The summed E-state index contributed by atoms with van der Waals surface area (Å²) in [4.78, 5) is 31.4. The number of fused-ring (bicyclic) bond motifs is 1. The van der Waals surface area contributed by atoms with E-state index in [4.69, 9.17) is 9.57 Å². The lowest BCUT2D eigenvalue weighted by Crippen LogP contribution is -2.43. The monoisotopic (exact) mass is 482 g/mol. The number of ether oxygens (including phenoxy) is 1. The second kappa shape index (κ2) is 9.93. The first-order valence-corrected chi connectivity index (χ1v) is 11.9. The molecule has 176 valence electrons. The van der Waals surface area contributed by atoms with Crippen LogP contribution in [-0.2, 0) is 49.8 Å². The molecule has 31 heavy (non-hydrogen) atoms. The van der Waals surface area contributed by atoms with Crippen LogP contribution in [0.2, 0.25) is 0 Å². The van der Waals surface area contributed by atoms with E-state index < -0.39 is 56.9 Å². The molecule has 0 radical (unpaired) electrons. The van der Waals surface area contributed by atoms with Crippen molar-refractivity contribution in [3.05, 3.63) is 17.0 Å². The Balaban J connectivity index is 2.32. The third kappa shape index (κ3) is 6.38. The van der Waals surface area contributed by atoms with E-state index in [-0.39, 0.29) is 25.3 Å². The molecule has 1 N–H and O–H groups in total. The van der Waals surface area contributed by atoms with Crippen molar-refractivity contribution in [1.29, 1.82) is 0 Å². The van der Waals surface area contributed by atoms with Gasteiger partial charge < -0.3 is 14.7 Å². The zero-order chi connectivity index (χ0) is 23.5. The summed E-state index contributed by atoms with van der Waals surface area (Å²) in [6, 6.07) is -0.394. The standard InChI is InChI=1S/C16H26N4O9S2/c1-10-5-12-11(6-19(10)15(22)23)13(20(17-12)8-30(24)25)14(21)18(4)29-16(2,3)7-28-9-31(26)27/h10,30-31H,5-9H2,1-4H3,(H,22,23)/t10-/m1/s1. The van der Waals surface area contributed by atoms with Crippen LogP contribution in [0.5, 0.6) is 0 Å². The molecule has 0 unspecified atom stereocenters. The molecule has 1 aliphatic rings. The topological polar surface area (TPSA) is 165 Å². The maximum absolute atomic E-state index is 13.1. The van der Waals surface area contributed by atoms with Gasteiger partial charge in [0.25, 0.3) is 5.91 Å². The van der Waals surface area contributed by atoms with Gasteiger partial charge in [-0.2, -0.15) is 5.10 Å². The molecule has 2 amide bonds. The van der Waals surface area contributed by atoms with Crippen molar-refractivity contribution in [2.45, 2.75) is 51.3 Å². The molecule has 13 nitrogen and oxygen atoms in total. The van der Waals surface area contributed by atoms with Gasteiger partial charge in [-0.1, -0.05) is 0 Å². The van der Waals surface area contributed by atoms with Crippen LogP contribution in [0.3, 0.4) is 0 Å². The van der Waals surface area contributed by atoms with Crippen molar-refractivity contribution in [2.75, 3.05) is 19.6 Å². The van der Waals surface area contributed by atoms with Crippen LogP contribution < -0.4 is 0 Å². The summed E-state index contributed by atoms with van der Waals surface area (Å²) in [5.74, 6) is -1.78. The van der Waals surface area contributed by atoms with Crippen molar-refractivity contribution < 1.29 is 41.1 Å². The molecule has 1 aliphatic heterocycles. The third-order valence-corrected chi connectivity index (χ3v) is 5.39. The van der Waals surface area contributed by atoms with Crippen LogP contribution in [0, 0.1) is 0 Å². The van der Waals surface area contributed by atoms with Crippen molar-refractivity contribution in [3.63, 3.8) is 0 Å². The number of amides is 2. The quantitative estimate of drug-likeness (QED) is 0.301. The Hall–Kier alpha value is -2.23. The van der Waals surface area contributed by atoms with E-state index in [2.05, 4.69) is 5.10 Å². The van der Waals surface area contributed by atoms with E-state index >= 15 is 0 Å². The van der Waals surface area contributed by atoms with E-state index in [1.165, 1.54) is 7.05 Å². The predicted octanol–water partition coefficient (Wildman–Crippen LogP) is -0.756. The van der Waals surface area contributed by atoms with Gasteiger partial charge >= 0.3 is 6.09 Å². The number of carbonyl (C=O) groups is 2. The van der Waals surface area contributed by atoms with Gasteiger partial charge in [-0.15, -0.1) is 0 Å². The smallest absolute Gasteiger partial charge is 0.407 e. The number of rotatable bonds is 9. The molecule has 0 aromatic carbocycles. The average Bonchev–Trinajstić information content (AvgIpc) is 2.94. The third-order valence-electron chi connectivity index (χ3n) is 4.50. The highest BCUT2D eigenvalue weighted by molar-refractivity contribution is 7.72. The van der Waals surface area contributed by atoms with Gasteiger partial charge in [0.15, 0.2) is 21.4 Å². The second-order valence-electron chi connectivity index (χ2n) is 7.68. The minimum absolute atomic E-state index is 0.0887. The van der Waals surface area contributed by atoms with Crippen molar-refractivity contribution in [1.82, 2.24) is 19.7 Å². The number of thiol groups is 2. The first-order valence-electron chi connectivity index (χ1n) is 9.19. The normalized spacial score (nSPS) is 16.6. The molecular weight excluding hydrogens is 456 g/mol. The SMILES string of the molecule is C[C@@H]1Cc2nn(C[SH](=O)=O)c(C(=O)N(C)OC(C)(C)COC[SH](=O)=O)c2CN1C(=O)O. The molecule has 0 saturated heterocycles. The van der Waals surface area contributed by atoms with E-state index in [0.29, 0.717) is 11.3 Å². The number of aromatic nitrogens is 2. The second-order valence-corrected chi connectivity index (χ2v) is 9.55. The number of hydroxylamine groups is 2. The lowest BCUT2D eigenvalue weighted by molar-refractivity contribution is -0.206. The van der Waals surface area contributed by atoms with E-state index in [9.17, 15) is 31.5 Å². The number of hydrogen-bond acceptors (Lipinski definition) is 9. The molecule has 2 rings (SSSR count). The molecule has 0 spiro atoms. The van der Waals surface area contributed by atoms with Gasteiger partial charge in [-0.3, -0.25) is 9.63 Å². The highest BCUT2D eigenvalue weighted by Crippen LogP contribution is 2.27. The maximum Gasteiger partial charge on any atom is 0.407 e. The van der Waals surface area contributed by atoms with E-state index in [1.54, 1.807) is 20.8 Å². The Kier molecular flexibility index (Phi) is 8.02. The van der Waals surface area contributed by atoms with Gasteiger partial charge in [0.1, 0.15) is 23.1 Å². The first-order chi connectivity index (χ1) is 14.3. The summed E-state index contributed by atoms with van der Waals surface area (Å²) >= 11 is 0. The fourth-order valence-corrected chi connectivity index (χ4v) is 3.92. The number of nitrogens with zero attached hydrogens (tertiary/aromatic N) is 4. The zero-order valence-corrected chi connectivity index (χ0v) is 19.3. The molecule has 15 heteroatoms. The van der Waals surface area contributed by atoms with Crippen LogP contribution in [0.15, 0.2) is 0 Å². The molecule has 0 bridgehead atoms. The fraction of sp³-hybridized carbons (Fsp3) is 0.688. The molecule has 0 fully saturated rings. The molecule has 1 aromatic heterocycles. The Morgan fingerprint density at radius 2 is 1.90 bits per heavy atom. The van der Waals surface area contributed by atoms with Crippen LogP contribution in [-0.4, -0.2) is 84.9 Å². The minimum Gasteiger partial charge on any atom is -0.465 e. The molecule has 1 aromatic rings. The lowest BCUT2D eigenvalue weighted by Gasteiger charge is -2.32. The van der Waals surface area contributed by atoms with Gasteiger partial charge in [-0.25, -0.2) is 31.4 Å². The molecular formula is C16H26N4O9S2. The highest BCUT2D eigenvalue weighted by Gasteiger charge is 2.36. The van der Waals surface area contributed by atoms with Crippen molar-refractivity contribution >= 4 is 33.4 Å². The summed E-state index contributed by atoms with van der Waals surface area (Å²) in [7, 11) is -4.34. The van der Waals surface area contributed by atoms with Crippen LogP contribution >= 0.6 is 0 Å². The molecule has 1 atom stereocenters. The maximum atomic E-state index is 13.1.